The van der Waals surface area contributed by atoms with Gasteiger partial charge in [-0.1, -0.05) is 0 Å². The van der Waals surface area contributed by atoms with E-state index in [1.807, 2.05) is 0 Å². The summed E-state index contributed by atoms with van der Waals surface area (Å²) < 4.78 is 8.39. The summed E-state index contributed by atoms with van der Waals surface area (Å²) in [6.45, 7) is 0. The molecule has 1 atom stereocenters. The Morgan fingerprint density at radius 1 is 1.36 bits per heavy atom. The third kappa shape index (κ3) is 4.67. The van der Waals surface area contributed by atoms with Crippen molar-refractivity contribution in [3.8, 4) is 0 Å². The SMILES string of the molecule is O=C(CC(O)C(=O)[O][Mo])[O][Mo]. The van der Waals surface area contributed by atoms with Gasteiger partial charge < -0.3 is 0 Å². The van der Waals surface area contributed by atoms with E-state index in [0.717, 1.165) is 40.4 Å². The molecule has 0 rings (SSSR count). The summed E-state index contributed by atoms with van der Waals surface area (Å²) >= 11 is 2.17. The van der Waals surface area contributed by atoms with E-state index in [4.69, 9.17) is 5.11 Å². The van der Waals surface area contributed by atoms with Crippen LogP contribution >= 0.6 is 0 Å². The number of carbonyl (C=O) groups is 2. The normalized spacial score (nSPS) is 11.7. The van der Waals surface area contributed by atoms with E-state index in [9.17, 15) is 9.59 Å². The van der Waals surface area contributed by atoms with Gasteiger partial charge in [-0.05, 0) is 0 Å². The average molecular weight is 324 g/mol. The molecular formula is C4H4Mo2O5. The van der Waals surface area contributed by atoms with E-state index in [-0.39, 0.29) is 6.42 Å². The van der Waals surface area contributed by atoms with Crippen molar-refractivity contribution in [2.75, 3.05) is 0 Å². The van der Waals surface area contributed by atoms with Crippen molar-refractivity contribution >= 4 is 11.9 Å². The molecule has 0 radical (unpaired) electrons. The fraction of sp³-hybridized carbons (Fsp3) is 0.500. The fourth-order valence-corrected chi connectivity index (χ4v) is 0.771. The van der Waals surface area contributed by atoms with Gasteiger partial charge >= 0.3 is 86.3 Å². The number of hydrogen-bond donors (Lipinski definition) is 1. The van der Waals surface area contributed by atoms with Gasteiger partial charge in [0.25, 0.3) is 0 Å². The molecule has 0 aromatic rings. The van der Waals surface area contributed by atoms with Crippen molar-refractivity contribution in [2.24, 2.45) is 0 Å². The van der Waals surface area contributed by atoms with Crippen LogP contribution in [0.4, 0.5) is 0 Å². The zero-order valence-corrected chi connectivity index (χ0v) is 9.20. The van der Waals surface area contributed by atoms with Crippen molar-refractivity contribution in [2.45, 2.75) is 12.5 Å². The van der Waals surface area contributed by atoms with Crippen LogP contribution in [0, 0.1) is 0 Å². The molecule has 0 fully saturated rings. The van der Waals surface area contributed by atoms with Crippen LogP contribution in [0.2, 0.25) is 0 Å². The summed E-state index contributed by atoms with van der Waals surface area (Å²) in [4.78, 5) is 20.9. The van der Waals surface area contributed by atoms with E-state index in [0.29, 0.717) is 0 Å². The van der Waals surface area contributed by atoms with E-state index >= 15 is 0 Å². The quantitative estimate of drug-likeness (QED) is 0.657. The van der Waals surface area contributed by atoms with Gasteiger partial charge in [-0.3, -0.25) is 0 Å². The second-order valence-corrected chi connectivity index (χ2v) is 2.40. The summed E-state index contributed by atoms with van der Waals surface area (Å²) in [5.41, 5.74) is 0. The molecule has 0 saturated carbocycles. The van der Waals surface area contributed by atoms with Crippen LogP contribution in [-0.4, -0.2) is 23.1 Å². The molecule has 0 heterocycles. The Balaban J connectivity index is 3.77. The Morgan fingerprint density at radius 2 is 1.91 bits per heavy atom. The molecule has 0 saturated heterocycles. The monoisotopic (exact) mass is 328 g/mol. The van der Waals surface area contributed by atoms with E-state index in [1.165, 1.54) is 0 Å². The van der Waals surface area contributed by atoms with E-state index in [2.05, 4.69) is 6.78 Å². The van der Waals surface area contributed by atoms with Gasteiger partial charge in [-0.15, -0.1) is 0 Å². The van der Waals surface area contributed by atoms with Crippen LogP contribution in [0.15, 0.2) is 0 Å². The van der Waals surface area contributed by atoms with Crippen molar-refractivity contribution in [3.05, 3.63) is 0 Å². The second kappa shape index (κ2) is 5.87. The number of carbonyl (C=O) groups excluding carboxylic acids is 2. The minimum absolute atomic E-state index is 0.368. The zero-order valence-electron chi connectivity index (χ0n) is 5.18. The summed E-state index contributed by atoms with van der Waals surface area (Å²) in [6, 6.07) is 0. The predicted molar refractivity (Wildman–Crippen MR) is 22.8 cm³/mol. The molecule has 0 aromatic heterocycles. The molecule has 0 aliphatic carbocycles. The maximum absolute atomic E-state index is 10.5. The van der Waals surface area contributed by atoms with Gasteiger partial charge in [-0.2, -0.15) is 0 Å². The van der Waals surface area contributed by atoms with Crippen molar-refractivity contribution in [1.82, 2.24) is 0 Å². The minimum atomic E-state index is -1.42. The number of aliphatic hydroxyl groups excluding tert-OH is 1. The molecule has 0 aromatic carbocycles. The third-order valence-corrected chi connectivity index (χ3v) is 1.67. The van der Waals surface area contributed by atoms with E-state index in [1.54, 1.807) is 0 Å². The molecule has 11 heavy (non-hydrogen) atoms. The summed E-state index contributed by atoms with van der Waals surface area (Å²) in [5, 5.41) is 8.85. The van der Waals surface area contributed by atoms with Gasteiger partial charge in [0.2, 0.25) is 0 Å². The Morgan fingerprint density at radius 3 is 2.27 bits per heavy atom. The van der Waals surface area contributed by atoms with Gasteiger partial charge in [0.15, 0.2) is 0 Å². The number of hydrogen-bond acceptors (Lipinski definition) is 5. The average Bonchev–Trinajstić information content (AvgIpc) is 2.02. The Kier molecular flexibility index (Phi) is 6.02. The molecule has 5 nitrogen and oxygen atoms in total. The molecule has 0 bridgehead atoms. The molecule has 0 aliphatic heterocycles. The number of aliphatic hydroxyl groups is 1. The van der Waals surface area contributed by atoms with Gasteiger partial charge in [0, 0.05) is 0 Å². The topological polar surface area (TPSA) is 72.8 Å². The first-order valence-corrected chi connectivity index (χ1v) is 4.10. The summed E-state index contributed by atoms with van der Waals surface area (Å²) in [5.74, 6) is -1.48. The van der Waals surface area contributed by atoms with Crippen LogP contribution in [0.3, 0.4) is 0 Å². The molecule has 1 unspecified atom stereocenters. The molecular weight excluding hydrogens is 320 g/mol. The van der Waals surface area contributed by atoms with Crippen LogP contribution in [0.5, 0.6) is 0 Å². The number of rotatable bonds is 3. The fourth-order valence-electron chi connectivity index (χ4n) is 0.331. The molecule has 1 N–H and O–H groups in total. The first-order valence-electron chi connectivity index (χ1n) is 2.46. The second-order valence-electron chi connectivity index (χ2n) is 1.58. The molecule has 0 amide bonds. The van der Waals surface area contributed by atoms with Crippen molar-refractivity contribution in [3.63, 3.8) is 0 Å². The van der Waals surface area contributed by atoms with Crippen LogP contribution < -0.4 is 0 Å². The molecule has 62 valence electrons. The third-order valence-electron chi connectivity index (χ3n) is 0.807. The van der Waals surface area contributed by atoms with Gasteiger partial charge in [0.05, 0.1) is 0 Å². The Hall–Kier alpha value is 0.277. The summed E-state index contributed by atoms with van der Waals surface area (Å²) in [6.07, 6.45) is -1.79. The van der Waals surface area contributed by atoms with Gasteiger partial charge in [0.1, 0.15) is 0 Å². The Bertz CT molecular complexity index is 159. The van der Waals surface area contributed by atoms with E-state index < -0.39 is 18.0 Å². The zero-order chi connectivity index (χ0) is 8.85. The standard InChI is InChI=1S/C4H6O5.2Mo/c5-2(4(8)9)1-3(6)7;;/h2,5H,1H2,(H,6,7)(H,8,9);;/q;2*+1/p-2. The molecule has 0 spiro atoms. The predicted octanol–water partition coefficient (Wildman–Crippen LogP) is -1.25. The maximum atomic E-state index is 10.5. The first-order chi connectivity index (χ1) is 5.11. The van der Waals surface area contributed by atoms with Gasteiger partial charge in [-0.25, -0.2) is 0 Å². The molecule has 7 heteroatoms. The summed E-state index contributed by atoms with van der Waals surface area (Å²) in [7, 11) is 0. The van der Waals surface area contributed by atoms with Crippen LogP contribution in [0.1, 0.15) is 6.42 Å². The Labute approximate surface area is 86.1 Å². The first kappa shape index (κ1) is 11.3. The van der Waals surface area contributed by atoms with Crippen LogP contribution in [-0.2, 0) is 56.8 Å². The van der Waals surface area contributed by atoms with Crippen LogP contribution in [0.25, 0.3) is 0 Å². The van der Waals surface area contributed by atoms with Crippen molar-refractivity contribution < 1.29 is 61.9 Å². The molecule has 0 aliphatic rings. The van der Waals surface area contributed by atoms with Crippen molar-refractivity contribution in [1.29, 1.82) is 0 Å².